The van der Waals surface area contributed by atoms with Crippen molar-refractivity contribution in [2.75, 3.05) is 32.3 Å². The van der Waals surface area contributed by atoms with Gasteiger partial charge in [-0.1, -0.05) is 0 Å². The van der Waals surface area contributed by atoms with E-state index >= 15 is 0 Å². The van der Waals surface area contributed by atoms with Crippen LogP contribution in [-0.2, 0) is 9.53 Å². The molecule has 0 heterocycles. The van der Waals surface area contributed by atoms with Crippen molar-refractivity contribution in [1.29, 1.82) is 0 Å². The summed E-state index contributed by atoms with van der Waals surface area (Å²) in [6.45, 7) is 0.389. The summed E-state index contributed by atoms with van der Waals surface area (Å²) < 4.78 is 4.73. The summed E-state index contributed by atoms with van der Waals surface area (Å²) in [6, 6.07) is -0.493. The van der Waals surface area contributed by atoms with Gasteiger partial charge in [-0.2, -0.15) is 11.8 Å². The molecule has 4 N–H and O–H groups in total. The number of aliphatic hydroxyl groups excluding tert-OH is 1. The van der Waals surface area contributed by atoms with Crippen LogP contribution in [0.4, 0.5) is 0 Å². The maximum Gasteiger partial charge on any atom is 0.237 e. The molecule has 6 heteroatoms. The van der Waals surface area contributed by atoms with Crippen molar-refractivity contribution in [3.63, 3.8) is 0 Å². The largest absolute Gasteiger partial charge is 0.389 e. The molecule has 0 aromatic heterocycles. The maximum atomic E-state index is 11.4. The first kappa shape index (κ1) is 14.7. The van der Waals surface area contributed by atoms with Gasteiger partial charge in [0.2, 0.25) is 5.91 Å². The molecule has 0 aliphatic heterocycles. The van der Waals surface area contributed by atoms with Crippen molar-refractivity contribution in [3.8, 4) is 0 Å². The first-order valence-corrected chi connectivity index (χ1v) is 6.20. The summed E-state index contributed by atoms with van der Waals surface area (Å²) in [5, 5.41) is 11.8. The fourth-order valence-corrected chi connectivity index (χ4v) is 1.47. The Bertz CT molecular complexity index is 181. The summed E-state index contributed by atoms with van der Waals surface area (Å²) in [5.74, 6) is 0.633. The number of carbonyl (C=O) groups excluding carboxylic acids is 1. The summed E-state index contributed by atoms with van der Waals surface area (Å²) in [4.78, 5) is 11.4. The van der Waals surface area contributed by atoms with Gasteiger partial charge in [0.15, 0.2) is 0 Å². The first-order valence-electron chi connectivity index (χ1n) is 4.81. The standard InChI is InChI=1S/C9H20N2O3S/c1-14-6-7(12)5-11-9(13)8(10)3-4-15-2/h7-8,12H,3-6,10H2,1-2H3,(H,11,13)/t7?,8-/m1/s1. The summed E-state index contributed by atoms with van der Waals surface area (Å²) in [5.41, 5.74) is 5.63. The topological polar surface area (TPSA) is 84.6 Å². The van der Waals surface area contributed by atoms with Crippen LogP contribution in [0, 0.1) is 0 Å². The van der Waals surface area contributed by atoms with Crippen LogP contribution in [0.3, 0.4) is 0 Å². The average molecular weight is 236 g/mol. The molecule has 1 amide bonds. The fraction of sp³-hybridized carbons (Fsp3) is 0.889. The van der Waals surface area contributed by atoms with E-state index in [1.165, 1.54) is 7.11 Å². The van der Waals surface area contributed by atoms with Gasteiger partial charge in [0, 0.05) is 13.7 Å². The number of rotatable bonds is 8. The molecule has 1 unspecified atom stereocenters. The highest BCUT2D eigenvalue weighted by Gasteiger charge is 2.13. The van der Waals surface area contributed by atoms with E-state index in [0.29, 0.717) is 6.42 Å². The van der Waals surface area contributed by atoms with Crippen LogP contribution in [0.2, 0.25) is 0 Å². The molecule has 0 spiro atoms. The monoisotopic (exact) mass is 236 g/mol. The van der Waals surface area contributed by atoms with Crippen LogP contribution in [0.25, 0.3) is 0 Å². The van der Waals surface area contributed by atoms with Gasteiger partial charge in [0.1, 0.15) is 0 Å². The van der Waals surface area contributed by atoms with Crippen molar-refractivity contribution >= 4 is 17.7 Å². The van der Waals surface area contributed by atoms with Crippen LogP contribution in [0.1, 0.15) is 6.42 Å². The smallest absolute Gasteiger partial charge is 0.237 e. The number of carbonyl (C=O) groups is 1. The van der Waals surface area contributed by atoms with E-state index in [2.05, 4.69) is 5.32 Å². The number of amides is 1. The van der Waals surface area contributed by atoms with E-state index in [-0.39, 0.29) is 19.1 Å². The number of nitrogens with one attached hydrogen (secondary N) is 1. The predicted octanol–water partition coefficient (Wildman–Crippen LogP) is -0.810. The number of hydrogen-bond acceptors (Lipinski definition) is 5. The molecule has 0 aromatic rings. The average Bonchev–Trinajstić information content (AvgIpc) is 2.22. The number of hydrogen-bond donors (Lipinski definition) is 3. The normalized spacial score (nSPS) is 14.7. The fourth-order valence-electron chi connectivity index (χ4n) is 0.977. The van der Waals surface area contributed by atoms with Gasteiger partial charge in [0.25, 0.3) is 0 Å². The molecule has 0 radical (unpaired) electrons. The molecule has 0 fully saturated rings. The first-order chi connectivity index (χ1) is 7.11. The van der Waals surface area contributed by atoms with E-state index < -0.39 is 12.1 Å². The van der Waals surface area contributed by atoms with E-state index in [1.54, 1.807) is 11.8 Å². The van der Waals surface area contributed by atoms with Crippen molar-refractivity contribution in [2.24, 2.45) is 5.73 Å². The minimum atomic E-state index is -0.674. The van der Waals surface area contributed by atoms with Gasteiger partial charge in [-0.05, 0) is 18.4 Å². The van der Waals surface area contributed by atoms with E-state index in [4.69, 9.17) is 10.5 Å². The second-order valence-corrected chi connectivity index (χ2v) is 4.23. The summed E-state index contributed by atoms with van der Waals surface area (Å²) in [7, 11) is 1.50. The molecule has 0 bridgehead atoms. The SMILES string of the molecule is COCC(O)CNC(=O)[C@H](N)CCSC. The molecule has 0 saturated carbocycles. The molecule has 15 heavy (non-hydrogen) atoms. The van der Waals surface area contributed by atoms with Crippen molar-refractivity contribution < 1.29 is 14.6 Å². The zero-order valence-corrected chi connectivity index (χ0v) is 10.0. The van der Waals surface area contributed by atoms with E-state index in [1.807, 2.05) is 6.26 Å². The summed E-state index contributed by atoms with van der Waals surface area (Å²) in [6.07, 6.45) is 1.94. The third-order valence-electron chi connectivity index (χ3n) is 1.84. The minimum absolute atomic E-state index is 0.180. The molecular weight excluding hydrogens is 216 g/mol. The third kappa shape index (κ3) is 7.61. The second kappa shape index (κ2) is 8.96. The number of nitrogens with two attached hydrogens (primary N) is 1. The molecule has 0 aliphatic carbocycles. The Morgan fingerprint density at radius 1 is 1.67 bits per heavy atom. The molecule has 0 aromatic carbocycles. The lowest BCUT2D eigenvalue weighted by Gasteiger charge is -2.14. The lowest BCUT2D eigenvalue weighted by Crippen LogP contribution is -2.44. The Morgan fingerprint density at radius 3 is 2.87 bits per heavy atom. The number of aliphatic hydroxyl groups is 1. The van der Waals surface area contributed by atoms with Crippen molar-refractivity contribution in [1.82, 2.24) is 5.32 Å². The highest BCUT2D eigenvalue weighted by molar-refractivity contribution is 7.98. The number of thioether (sulfide) groups is 1. The quantitative estimate of drug-likeness (QED) is 0.513. The molecule has 90 valence electrons. The van der Waals surface area contributed by atoms with Crippen LogP contribution in [0.5, 0.6) is 0 Å². The zero-order valence-electron chi connectivity index (χ0n) is 9.23. The van der Waals surface area contributed by atoms with Gasteiger partial charge >= 0.3 is 0 Å². The van der Waals surface area contributed by atoms with Crippen molar-refractivity contribution in [3.05, 3.63) is 0 Å². The van der Waals surface area contributed by atoms with E-state index in [0.717, 1.165) is 5.75 Å². The maximum absolute atomic E-state index is 11.4. The molecular formula is C9H20N2O3S. The molecule has 2 atom stereocenters. The number of methoxy groups -OCH3 is 1. The highest BCUT2D eigenvalue weighted by atomic mass is 32.2. The Labute approximate surface area is 94.7 Å². The predicted molar refractivity (Wildman–Crippen MR) is 61.9 cm³/mol. The zero-order chi connectivity index (χ0) is 11.7. The highest BCUT2D eigenvalue weighted by Crippen LogP contribution is 1.98. The van der Waals surface area contributed by atoms with Gasteiger partial charge in [-0.15, -0.1) is 0 Å². The number of ether oxygens (including phenoxy) is 1. The Kier molecular flexibility index (Phi) is 8.79. The lowest BCUT2D eigenvalue weighted by atomic mass is 10.2. The van der Waals surface area contributed by atoms with Gasteiger partial charge in [-0.3, -0.25) is 4.79 Å². The lowest BCUT2D eigenvalue weighted by molar-refractivity contribution is -0.123. The van der Waals surface area contributed by atoms with Crippen LogP contribution < -0.4 is 11.1 Å². The van der Waals surface area contributed by atoms with Crippen LogP contribution in [0.15, 0.2) is 0 Å². The molecule has 5 nitrogen and oxygen atoms in total. The van der Waals surface area contributed by atoms with Crippen LogP contribution >= 0.6 is 11.8 Å². The second-order valence-electron chi connectivity index (χ2n) is 3.24. The van der Waals surface area contributed by atoms with Crippen LogP contribution in [-0.4, -0.2) is 55.4 Å². The van der Waals surface area contributed by atoms with E-state index in [9.17, 15) is 9.90 Å². The minimum Gasteiger partial charge on any atom is -0.389 e. The van der Waals surface area contributed by atoms with Crippen molar-refractivity contribution in [2.45, 2.75) is 18.6 Å². The van der Waals surface area contributed by atoms with Gasteiger partial charge < -0.3 is 20.9 Å². The van der Waals surface area contributed by atoms with Gasteiger partial charge in [0.05, 0.1) is 18.8 Å². The summed E-state index contributed by atoms with van der Waals surface area (Å²) >= 11 is 1.65. The molecule has 0 saturated heterocycles. The third-order valence-corrected chi connectivity index (χ3v) is 2.48. The molecule has 0 rings (SSSR count). The Morgan fingerprint density at radius 2 is 2.33 bits per heavy atom. The Hall–Kier alpha value is -0.300. The van der Waals surface area contributed by atoms with Gasteiger partial charge in [-0.25, -0.2) is 0 Å². The Balaban J connectivity index is 3.63. The molecule has 0 aliphatic rings.